The van der Waals surface area contributed by atoms with Gasteiger partial charge in [-0.3, -0.25) is 9.52 Å². The molecule has 3 rings (SSSR count). The van der Waals surface area contributed by atoms with Crippen molar-refractivity contribution in [2.45, 2.75) is 59.3 Å². The van der Waals surface area contributed by atoms with Gasteiger partial charge in [0.15, 0.2) is 0 Å². The van der Waals surface area contributed by atoms with Gasteiger partial charge in [0.05, 0.1) is 16.1 Å². The number of benzene rings is 2. The first-order chi connectivity index (χ1) is 13.6. The molecule has 0 aliphatic carbocycles. The van der Waals surface area contributed by atoms with Crippen molar-refractivity contribution in [3.8, 4) is 0 Å². The zero-order valence-corrected chi connectivity index (χ0v) is 19.0. The van der Waals surface area contributed by atoms with Gasteiger partial charge < -0.3 is 4.90 Å². The average Bonchev–Trinajstić information content (AvgIpc) is 3.19. The number of aryl methyl sites for hydroxylation is 1. The lowest BCUT2D eigenvalue weighted by Crippen LogP contribution is -2.29. The van der Waals surface area contributed by atoms with Gasteiger partial charge in [0.2, 0.25) is 0 Å². The van der Waals surface area contributed by atoms with Crippen LogP contribution in [0.5, 0.6) is 0 Å². The van der Waals surface area contributed by atoms with E-state index in [-0.39, 0.29) is 5.91 Å². The van der Waals surface area contributed by atoms with Crippen molar-refractivity contribution in [1.29, 1.82) is 0 Å². The van der Waals surface area contributed by atoms with Crippen LogP contribution in [0.25, 0.3) is 0 Å². The van der Waals surface area contributed by atoms with E-state index in [0.717, 1.165) is 46.2 Å². The summed E-state index contributed by atoms with van der Waals surface area (Å²) in [5.41, 5.74) is 6.12. The SMILES string of the molecule is Cc1cccc(NS(=O)(=O)c2c(C)c(C)c(C)c(C)c2C)c1C(=O)N1CCCC1. The molecule has 6 heteroatoms. The van der Waals surface area contributed by atoms with Gasteiger partial charge in [0.1, 0.15) is 0 Å². The molecule has 2 aromatic carbocycles. The third-order valence-electron chi connectivity index (χ3n) is 6.32. The number of amides is 1. The van der Waals surface area contributed by atoms with Crippen LogP contribution in [0, 0.1) is 41.5 Å². The van der Waals surface area contributed by atoms with Gasteiger partial charge in [-0.05, 0) is 93.8 Å². The molecular formula is C23H30N2O3S. The van der Waals surface area contributed by atoms with Crippen molar-refractivity contribution in [2.75, 3.05) is 17.8 Å². The number of nitrogens with zero attached hydrogens (tertiary/aromatic N) is 1. The van der Waals surface area contributed by atoms with Crippen LogP contribution in [-0.4, -0.2) is 32.3 Å². The van der Waals surface area contributed by atoms with Gasteiger partial charge >= 0.3 is 0 Å². The average molecular weight is 415 g/mol. The lowest BCUT2D eigenvalue weighted by Gasteiger charge is -2.22. The van der Waals surface area contributed by atoms with Crippen LogP contribution in [0.15, 0.2) is 23.1 Å². The first kappa shape index (κ1) is 21.4. The summed E-state index contributed by atoms with van der Waals surface area (Å²) >= 11 is 0. The Labute approximate surface area is 174 Å². The van der Waals surface area contributed by atoms with E-state index in [4.69, 9.17) is 0 Å². The van der Waals surface area contributed by atoms with E-state index < -0.39 is 10.0 Å². The Hall–Kier alpha value is -2.34. The summed E-state index contributed by atoms with van der Waals surface area (Å²) in [6.45, 7) is 12.9. The van der Waals surface area contributed by atoms with Crippen LogP contribution in [0.1, 0.15) is 56.6 Å². The molecule has 0 saturated carbocycles. The molecule has 1 aliphatic heterocycles. The van der Waals surface area contributed by atoms with Crippen LogP contribution >= 0.6 is 0 Å². The van der Waals surface area contributed by atoms with E-state index in [9.17, 15) is 13.2 Å². The Balaban J connectivity index is 2.10. The van der Waals surface area contributed by atoms with E-state index in [0.29, 0.717) is 29.2 Å². The Morgan fingerprint density at radius 2 is 1.38 bits per heavy atom. The van der Waals surface area contributed by atoms with Crippen LogP contribution in [0.3, 0.4) is 0 Å². The highest BCUT2D eigenvalue weighted by Crippen LogP contribution is 2.32. The smallest absolute Gasteiger partial charge is 0.262 e. The number of hydrogen-bond donors (Lipinski definition) is 1. The number of anilines is 1. The minimum Gasteiger partial charge on any atom is -0.339 e. The third-order valence-corrected chi connectivity index (χ3v) is 7.96. The number of carbonyl (C=O) groups is 1. The normalized spacial score (nSPS) is 14.3. The molecule has 1 N–H and O–H groups in total. The van der Waals surface area contributed by atoms with Crippen molar-refractivity contribution >= 4 is 21.6 Å². The number of rotatable bonds is 4. The van der Waals surface area contributed by atoms with Gasteiger partial charge in [-0.1, -0.05) is 12.1 Å². The zero-order chi connectivity index (χ0) is 21.5. The Bertz CT molecular complexity index is 1050. The highest BCUT2D eigenvalue weighted by atomic mass is 32.2. The Morgan fingerprint density at radius 1 is 0.862 bits per heavy atom. The van der Waals surface area contributed by atoms with Crippen molar-refractivity contribution < 1.29 is 13.2 Å². The maximum atomic E-state index is 13.4. The lowest BCUT2D eigenvalue weighted by atomic mass is 9.95. The van der Waals surface area contributed by atoms with Crippen molar-refractivity contribution in [2.24, 2.45) is 0 Å². The first-order valence-electron chi connectivity index (χ1n) is 10.0. The molecular weight excluding hydrogens is 384 g/mol. The zero-order valence-electron chi connectivity index (χ0n) is 18.1. The Kier molecular flexibility index (Phi) is 5.77. The summed E-state index contributed by atoms with van der Waals surface area (Å²) in [6.07, 6.45) is 1.97. The van der Waals surface area contributed by atoms with E-state index in [1.165, 1.54) is 0 Å². The highest BCUT2D eigenvalue weighted by molar-refractivity contribution is 7.92. The van der Waals surface area contributed by atoms with E-state index >= 15 is 0 Å². The maximum absolute atomic E-state index is 13.4. The second-order valence-corrected chi connectivity index (χ2v) is 9.68. The largest absolute Gasteiger partial charge is 0.339 e. The summed E-state index contributed by atoms with van der Waals surface area (Å²) in [6, 6.07) is 5.30. The first-order valence-corrected chi connectivity index (χ1v) is 11.5. The van der Waals surface area contributed by atoms with Gasteiger partial charge in [0, 0.05) is 13.1 Å². The summed E-state index contributed by atoms with van der Waals surface area (Å²) in [7, 11) is -3.85. The fourth-order valence-corrected chi connectivity index (χ4v) is 5.85. The fourth-order valence-electron chi connectivity index (χ4n) is 4.18. The summed E-state index contributed by atoms with van der Waals surface area (Å²) in [5.74, 6) is -0.108. The number of hydrogen-bond acceptors (Lipinski definition) is 3. The maximum Gasteiger partial charge on any atom is 0.262 e. The van der Waals surface area contributed by atoms with Gasteiger partial charge in [-0.15, -0.1) is 0 Å². The molecule has 1 heterocycles. The predicted molar refractivity (Wildman–Crippen MR) is 117 cm³/mol. The van der Waals surface area contributed by atoms with E-state index in [1.54, 1.807) is 17.0 Å². The van der Waals surface area contributed by atoms with Crippen LogP contribution in [0.2, 0.25) is 0 Å². The summed E-state index contributed by atoms with van der Waals surface area (Å²) in [5, 5.41) is 0. The molecule has 156 valence electrons. The summed E-state index contributed by atoms with van der Waals surface area (Å²) in [4.78, 5) is 15.2. The quantitative estimate of drug-likeness (QED) is 0.797. The van der Waals surface area contributed by atoms with Crippen molar-refractivity contribution in [3.05, 3.63) is 57.1 Å². The van der Waals surface area contributed by atoms with Crippen LogP contribution in [0.4, 0.5) is 5.69 Å². The fraction of sp³-hybridized carbons (Fsp3) is 0.435. The minimum atomic E-state index is -3.85. The third kappa shape index (κ3) is 3.78. The number of nitrogens with one attached hydrogen (secondary N) is 1. The van der Waals surface area contributed by atoms with Crippen LogP contribution in [-0.2, 0) is 10.0 Å². The highest BCUT2D eigenvalue weighted by Gasteiger charge is 2.28. The monoisotopic (exact) mass is 414 g/mol. The number of sulfonamides is 1. The molecule has 0 unspecified atom stereocenters. The molecule has 1 fully saturated rings. The second kappa shape index (κ2) is 7.82. The second-order valence-electron chi connectivity index (χ2n) is 8.06. The molecule has 0 radical (unpaired) electrons. The minimum absolute atomic E-state index is 0.108. The molecule has 0 bridgehead atoms. The molecule has 0 spiro atoms. The topological polar surface area (TPSA) is 66.5 Å². The molecule has 1 amide bonds. The van der Waals surface area contributed by atoms with Gasteiger partial charge in [-0.2, -0.15) is 0 Å². The molecule has 0 atom stereocenters. The standard InChI is InChI=1S/C23H30N2O3S/c1-14-10-9-11-20(21(14)23(26)25-12-7-8-13-25)24-29(27,28)22-18(5)16(3)15(2)17(4)19(22)6/h9-11,24H,7-8,12-13H2,1-6H3. The van der Waals surface area contributed by atoms with E-state index in [1.807, 2.05) is 47.6 Å². The van der Waals surface area contributed by atoms with Gasteiger partial charge in [0.25, 0.3) is 15.9 Å². The van der Waals surface area contributed by atoms with E-state index in [2.05, 4.69) is 4.72 Å². The predicted octanol–water partition coefficient (Wildman–Crippen LogP) is 4.57. The van der Waals surface area contributed by atoms with Crippen LogP contribution < -0.4 is 4.72 Å². The van der Waals surface area contributed by atoms with Crippen molar-refractivity contribution in [3.63, 3.8) is 0 Å². The molecule has 5 nitrogen and oxygen atoms in total. The Morgan fingerprint density at radius 3 is 1.93 bits per heavy atom. The number of likely N-dealkylation sites (tertiary alicyclic amines) is 1. The summed E-state index contributed by atoms with van der Waals surface area (Å²) < 4.78 is 29.6. The molecule has 2 aromatic rings. The lowest BCUT2D eigenvalue weighted by molar-refractivity contribution is 0.0793. The molecule has 0 aromatic heterocycles. The molecule has 1 saturated heterocycles. The number of carbonyl (C=O) groups excluding carboxylic acids is 1. The molecule has 1 aliphatic rings. The molecule has 29 heavy (non-hydrogen) atoms. The van der Waals surface area contributed by atoms with Crippen molar-refractivity contribution in [1.82, 2.24) is 4.90 Å². The van der Waals surface area contributed by atoms with Gasteiger partial charge in [-0.25, -0.2) is 8.42 Å².